The Morgan fingerprint density at radius 2 is 1.75 bits per heavy atom. The average molecular weight is 286 g/mol. The largest absolute Gasteiger partial charge is 0.508 e. The van der Waals surface area contributed by atoms with Gasteiger partial charge in [-0.3, -0.25) is 0 Å². The summed E-state index contributed by atoms with van der Waals surface area (Å²) in [6, 6.07) is 6.13. The zero-order valence-electron chi connectivity index (χ0n) is 10.3. The minimum Gasteiger partial charge on any atom is -0.508 e. The van der Waals surface area contributed by atoms with Crippen LogP contribution >= 0.6 is 0 Å². The molecule has 0 aliphatic carbocycles. The molecule has 106 valence electrons. The molecule has 0 radical (unpaired) electrons. The molecule has 2 aromatic rings. The number of phenolic OH excluding ortho intramolecular Hbond substituents is 1. The molecule has 20 heavy (non-hydrogen) atoms. The normalized spacial score (nSPS) is 11.4. The summed E-state index contributed by atoms with van der Waals surface area (Å²) in [6.07, 6.45) is -4.62. The Hall–Kier alpha value is -2.24. The van der Waals surface area contributed by atoms with Gasteiger partial charge in [0, 0.05) is 5.56 Å². The van der Waals surface area contributed by atoms with Crippen molar-refractivity contribution in [3.05, 3.63) is 47.8 Å². The van der Waals surface area contributed by atoms with E-state index in [2.05, 4.69) is 0 Å². The molecule has 2 rings (SSSR count). The summed E-state index contributed by atoms with van der Waals surface area (Å²) in [5.41, 5.74) is -1.20. The molecule has 0 bridgehead atoms. The van der Waals surface area contributed by atoms with Crippen LogP contribution in [-0.2, 0) is 6.18 Å². The first-order valence-corrected chi connectivity index (χ1v) is 5.56. The van der Waals surface area contributed by atoms with Gasteiger partial charge in [0.2, 0.25) is 0 Å². The number of rotatable bonds is 2. The molecule has 0 saturated heterocycles. The predicted molar refractivity (Wildman–Crippen MR) is 65.1 cm³/mol. The van der Waals surface area contributed by atoms with E-state index in [0.717, 1.165) is 18.2 Å². The third kappa shape index (κ3) is 2.84. The number of hydrogen-bond acceptors (Lipinski definition) is 2. The highest BCUT2D eigenvalue weighted by atomic mass is 19.4. The Labute approximate surface area is 112 Å². The molecule has 0 heterocycles. The molecular weight excluding hydrogens is 276 g/mol. The topological polar surface area (TPSA) is 29.5 Å². The van der Waals surface area contributed by atoms with Crippen LogP contribution in [0.1, 0.15) is 5.56 Å². The highest BCUT2D eigenvalue weighted by Crippen LogP contribution is 2.36. The van der Waals surface area contributed by atoms with Gasteiger partial charge in [-0.2, -0.15) is 13.2 Å². The van der Waals surface area contributed by atoms with Crippen LogP contribution in [0.25, 0.3) is 11.1 Å². The summed E-state index contributed by atoms with van der Waals surface area (Å²) < 4.78 is 56.7. The fourth-order valence-electron chi connectivity index (χ4n) is 1.78. The molecule has 0 aliphatic rings. The standard InChI is InChI=1S/C14H10F4O2/c1-20-11-2-3-13(15)12(7-11)8-4-9(14(16,17)18)6-10(19)5-8/h2-7,19H,1H3. The summed E-state index contributed by atoms with van der Waals surface area (Å²) >= 11 is 0. The van der Waals surface area contributed by atoms with Crippen LogP contribution in [0.15, 0.2) is 36.4 Å². The van der Waals surface area contributed by atoms with Crippen molar-refractivity contribution in [3.8, 4) is 22.6 Å². The fourth-order valence-corrected chi connectivity index (χ4v) is 1.78. The number of alkyl halides is 3. The van der Waals surface area contributed by atoms with Crippen LogP contribution in [0.4, 0.5) is 17.6 Å². The summed E-state index contributed by atoms with van der Waals surface area (Å²) in [4.78, 5) is 0. The van der Waals surface area contributed by atoms with E-state index in [1.54, 1.807) is 0 Å². The Balaban J connectivity index is 2.61. The van der Waals surface area contributed by atoms with Crippen molar-refractivity contribution in [3.63, 3.8) is 0 Å². The fraction of sp³-hybridized carbons (Fsp3) is 0.143. The SMILES string of the molecule is COc1ccc(F)c(-c2cc(O)cc(C(F)(F)F)c2)c1. The van der Waals surface area contributed by atoms with Crippen molar-refractivity contribution in [2.24, 2.45) is 0 Å². The molecule has 2 nitrogen and oxygen atoms in total. The van der Waals surface area contributed by atoms with Crippen LogP contribution in [-0.4, -0.2) is 12.2 Å². The van der Waals surface area contributed by atoms with E-state index >= 15 is 0 Å². The number of methoxy groups -OCH3 is 1. The van der Waals surface area contributed by atoms with Crippen LogP contribution in [0.5, 0.6) is 11.5 Å². The third-order valence-corrected chi connectivity index (χ3v) is 2.73. The van der Waals surface area contributed by atoms with Gasteiger partial charge in [0.05, 0.1) is 12.7 Å². The molecule has 2 aromatic carbocycles. The molecule has 0 saturated carbocycles. The molecule has 0 fully saturated rings. The van der Waals surface area contributed by atoms with Crippen molar-refractivity contribution in [1.29, 1.82) is 0 Å². The average Bonchev–Trinajstić information content (AvgIpc) is 2.37. The van der Waals surface area contributed by atoms with Gasteiger partial charge in [0.1, 0.15) is 17.3 Å². The smallest absolute Gasteiger partial charge is 0.416 e. The van der Waals surface area contributed by atoms with E-state index in [1.165, 1.54) is 19.2 Å². The van der Waals surface area contributed by atoms with Gasteiger partial charge in [-0.25, -0.2) is 4.39 Å². The molecule has 0 amide bonds. The van der Waals surface area contributed by atoms with Gasteiger partial charge in [-0.1, -0.05) is 0 Å². The van der Waals surface area contributed by atoms with E-state index in [1.807, 2.05) is 0 Å². The van der Waals surface area contributed by atoms with Crippen molar-refractivity contribution in [2.75, 3.05) is 7.11 Å². The molecular formula is C14H10F4O2. The van der Waals surface area contributed by atoms with Crippen LogP contribution in [0.2, 0.25) is 0 Å². The second-order valence-corrected chi connectivity index (χ2v) is 4.11. The zero-order valence-corrected chi connectivity index (χ0v) is 10.3. The minimum absolute atomic E-state index is 0.0753. The van der Waals surface area contributed by atoms with E-state index < -0.39 is 23.3 Å². The van der Waals surface area contributed by atoms with Gasteiger partial charge in [0.25, 0.3) is 0 Å². The quantitative estimate of drug-likeness (QED) is 0.837. The summed E-state index contributed by atoms with van der Waals surface area (Å²) in [5, 5.41) is 9.38. The number of ether oxygens (including phenoxy) is 1. The lowest BCUT2D eigenvalue weighted by Crippen LogP contribution is -2.04. The maximum Gasteiger partial charge on any atom is 0.416 e. The lowest BCUT2D eigenvalue weighted by atomic mass is 10.0. The number of hydrogen-bond donors (Lipinski definition) is 1. The Morgan fingerprint density at radius 3 is 2.35 bits per heavy atom. The summed E-state index contributed by atoms with van der Waals surface area (Å²) in [6.45, 7) is 0. The van der Waals surface area contributed by atoms with Crippen molar-refractivity contribution in [1.82, 2.24) is 0 Å². The van der Waals surface area contributed by atoms with Crippen LogP contribution in [0, 0.1) is 5.82 Å². The Kier molecular flexibility index (Phi) is 3.57. The summed E-state index contributed by atoms with van der Waals surface area (Å²) in [5.74, 6) is -0.986. The van der Waals surface area contributed by atoms with Crippen LogP contribution in [0.3, 0.4) is 0 Å². The number of phenols is 1. The van der Waals surface area contributed by atoms with E-state index in [4.69, 9.17) is 4.74 Å². The van der Waals surface area contributed by atoms with E-state index in [0.29, 0.717) is 11.8 Å². The van der Waals surface area contributed by atoms with Gasteiger partial charge < -0.3 is 9.84 Å². The maximum atomic E-state index is 13.7. The molecule has 0 aliphatic heterocycles. The molecule has 0 aromatic heterocycles. The first-order valence-electron chi connectivity index (χ1n) is 5.56. The third-order valence-electron chi connectivity index (χ3n) is 2.73. The predicted octanol–water partition coefficient (Wildman–Crippen LogP) is 4.23. The second-order valence-electron chi connectivity index (χ2n) is 4.11. The van der Waals surface area contributed by atoms with Crippen molar-refractivity contribution < 1.29 is 27.4 Å². The minimum atomic E-state index is -4.62. The van der Waals surface area contributed by atoms with E-state index in [-0.39, 0.29) is 11.1 Å². The van der Waals surface area contributed by atoms with Gasteiger partial charge >= 0.3 is 6.18 Å². The Bertz CT molecular complexity index is 636. The van der Waals surface area contributed by atoms with Crippen LogP contribution < -0.4 is 4.74 Å². The monoisotopic (exact) mass is 286 g/mol. The molecule has 0 unspecified atom stereocenters. The maximum absolute atomic E-state index is 13.7. The first-order chi connectivity index (χ1) is 9.31. The Morgan fingerprint density at radius 1 is 1.05 bits per heavy atom. The second kappa shape index (κ2) is 5.03. The number of aromatic hydroxyl groups is 1. The first kappa shape index (κ1) is 14.2. The molecule has 0 spiro atoms. The molecule has 1 N–H and O–H groups in total. The number of benzene rings is 2. The van der Waals surface area contributed by atoms with Gasteiger partial charge in [0.15, 0.2) is 0 Å². The van der Waals surface area contributed by atoms with Gasteiger partial charge in [-0.15, -0.1) is 0 Å². The highest BCUT2D eigenvalue weighted by Gasteiger charge is 2.31. The van der Waals surface area contributed by atoms with Crippen molar-refractivity contribution in [2.45, 2.75) is 6.18 Å². The van der Waals surface area contributed by atoms with Gasteiger partial charge in [-0.05, 0) is 42.0 Å². The molecule has 0 atom stereocenters. The number of halogens is 4. The van der Waals surface area contributed by atoms with Crippen molar-refractivity contribution >= 4 is 0 Å². The van der Waals surface area contributed by atoms with E-state index in [9.17, 15) is 22.7 Å². The summed E-state index contributed by atoms with van der Waals surface area (Å²) in [7, 11) is 1.36. The highest BCUT2D eigenvalue weighted by molar-refractivity contribution is 5.68. The lowest BCUT2D eigenvalue weighted by Gasteiger charge is -2.11. The molecule has 6 heteroatoms. The lowest BCUT2D eigenvalue weighted by molar-refractivity contribution is -0.137. The zero-order chi connectivity index (χ0) is 14.9.